The maximum absolute atomic E-state index is 11.9. The molecule has 0 fully saturated rings. The lowest BCUT2D eigenvalue weighted by Gasteiger charge is -2.14. The maximum atomic E-state index is 11.9. The van der Waals surface area contributed by atoms with Crippen LogP contribution in [0, 0.1) is 0 Å². The standard InChI is InChI=1S/C24H22Cl2N2O2S/c1-27(2)15-16-4-8-19(9-5-16)28-23(14-21-22(26)12-18(25)13-24(21)28)17-6-10-20(11-7-17)31(3,29)30/h4-14H,15H2,1-3H3. The Morgan fingerprint density at radius 2 is 1.55 bits per heavy atom. The monoisotopic (exact) mass is 472 g/mol. The number of fused-ring (bicyclic) bond motifs is 1. The molecule has 0 saturated heterocycles. The Bertz CT molecular complexity index is 1360. The van der Waals surface area contributed by atoms with E-state index >= 15 is 0 Å². The number of rotatable bonds is 5. The van der Waals surface area contributed by atoms with Crippen LogP contribution in [0.5, 0.6) is 0 Å². The van der Waals surface area contributed by atoms with E-state index in [0.29, 0.717) is 10.0 Å². The van der Waals surface area contributed by atoms with Crippen LogP contribution in [0.4, 0.5) is 0 Å². The minimum atomic E-state index is -3.27. The summed E-state index contributed by atoms with van der Waals surface area (Å²) in [6, 6.07) is 20.9. The number of hydrogen-bond donors (Lipinski definition) is 0. The predicted molar refractivity (Wildman–Crippen MR) is 129 cm³/mol. The fraction of sp³-hybridized carbons (Fsp3) is 0.167. The molecule has 0 spiro atoms. The van der Waals surface area contributed by atoms with Crippen molar-refractivity contribution in [2.45, 2.75) is 11.4 Å². The van der Waals surface area contributed by atoms with Crippen molar-refractivity contribution in [3.63, 3.8) is 0 Å². The first-order valence-electron chi connectivity index (χ1n) is 9.68. The normalized spacial score (nSPS) is 12.1. The molecule has 7 heteroatoms. The first kappa shape index (κ1) is 21.9. The van der Waals surface area contributed by atoms with Gasteiger partial charge in [-0.3, -0.25) is 0 Å². The highest BCUT2D eigenvalue weighted by molar-refractivity contribution is 7.90. The molecule has 0 amide bonds. The van der Waals surface area contributed by atoms with Crippen molar-refractivity contribution < 1.29 is 8.42 Å². The van der Waals surface area contributed by atoms with Gasteiger partial charge >= 0.3 is 0 Å². The van der Waals surface area contributed by atoms with Crippen LogP contribution in [0.15, 0.2) is 71.6 Å². The summed E-state index contributed by atoms with van der Waals surface area (Å²) < 4.78 is 25.8. The summed E-state index contributed by atoms with van der Waals surface area (Å²) >= 11 is 12.8. The van der Waals surface area contributed by atoms with Gasteiger partial charge in [0.15, 0.2) is 9.84 Å². The average Bonchev–Trinajstić information content (AvgIpc) is 3.07. The Labute approximate surface area is 192 Å². The molecule has 0 atom stereocenters. The molecule has 0 aliphatic carbocycles. The Balaban J connectivity index is 1.92. The van der Waals surface area contributed by atoms with Gasteiger partial charge in [-0.25, -0.2) is 8.42 Å². The minimum absolute atomic E-state index is 0.285. The molecule has 1 heterocycles. The number of hydrogen-bond acceptors (Lipinski definition) is 3. The van der Waals surface area contributed by atoms with Crippen molar-refractivity contribution in [2.24, 2.45) is 0 Å². The molecule has 0 radical (unpaired) electrons. The molecule has 0 aliphatic heterocycles. The Morgan fingerprint density at radius 1 is 0.903 bits per heavy atom. The van der Waals surface area contributed by atoms with Crippen LogP contribution in [-0.4, -0.2) is 38.2 Å². The predicted octanol–water partition coefficient (Wildman–Crippen LogP) is 6.07. The van der Waals surface area contributed by atoms with Crippen molar-refractivity contribution in [2.75, 3.05) is 20.4 Å². The van der Waals surface area contributed by atoms with Gasteiger partial charge in [-0.1, -0.05) is 47.5 Å². The van der Waals surface area contributed by atoms with Gasteiger partial charge < -0.3 is 9.47 Å². The number of sulfone groups is 1. The first-order valence-corrected chi connectivity index (χ1v) is 12.3. The third-order valence-corrected chi connectivity index (χ3v) is 6.77. The number of halogens is 2. The second-order valence-electron chi connectivity index (χ2n) is 7.89. The van der Waals surface area contributed by atoms with E-state index in [1.165, 1.54) is 11.8 Å². The molecule has 4 nitrogen and oxygen atoms in total. The van der Waals surface area contributed by atoms with Gasteiger partial charge in [0.1, 0.15) is 0 Å². The molecule has 0 bridgehead atoms. The van der Waals surface area contributed by atoms with Gasteiger partial charge in [-0.05, 0) is 67.7 Å². The first-order chi connectivity index (χ1) is 14.6. The molecule has 0 saturated carbocycles. The summed E-state index contributed by atoms with van der Waals surface area (Å²) in [6.45, 7) is 0.851. The molecular formula is C24H22Cl2N2O2S. The number of benzene rings is 3. The second-order valence-corrected chi connectivity index (χ2v) is 10.7. The maximum Gasteiger partial charge on any atom is 0.175 e. The van der Waals surface area contributed by atoms with Crippen LogP contribution in [0.3, 0.4) is 0 Å². The quantitative estimate of drug-likeness (QED) is 0.353. The van der Waals surface area contributed by atoms with E-state index in [9.17, 15) is 8.42 Å². The van der Waals surface area contributed by atoms with Crippen LogP contribution in [-0.2, 0) is 16.4 Å². The second kappa shape index (κ2) is 8.32. The van der Waals surface area contributed by atoms with Crippen molar-refractivity contribution in [1.82, 2.24) is 9.47 Å². The van der Waals surface area contributed by atoms with Crippen molar-refractivity contribution in [3.05, 3.63) is 82.3 Å². The molecule has 1 aromatic heterocycles. The Hall–Kier alpha value is -2.31. The van der Waals surface area contributed by atoms with E-state index in [4.69, 9.17) is 23.2 Å². The van der Waals surface area contributed by atoms with E-state index < -0.39 is 9.84 Å². The topological polar surface area (TPSA) is 42.3 Å². The molecule has 3 aromatic carbocycles. The lowest BCUT2D eigenvalue weighted by molar-refractivity contribution is 0.402. The van der Waals surface area contributed by atoms with Crippen LogP contribution in [0.1, 0.15) is 5.56 Å². The fourth-order valence-corrected chi connectivity index (χ4v) is 4.88. The zero-order valence-corrected chi connectivity index (χ0v) is 19.8. The molecule has 0 unspecified atom stereocenters. The molecule has 0 N–H and O–H groups in total. The lowest BCUT2D eigenvalue weighted by Crippen LogP contribution is -2.10. The minimum Gasteiger partial charge on any atom is -0.309 e. The molecule has 160 valence electrons. The van der Waals surface area contributed by atoms with Gasteiger partial charge in [0.2, 0.25) is 0 Å². The van der Waals surface area contributed by atoms with E-state index in [2.05, 4.69) is 33.7 Å². The summed E-state index contributed by atoms with van der Waals surface area (Å²) in [5, 5.41) is 2.00. The van der Waals surface area contributed by atoms with Crippen molar-refractivity contribution in [1.29, 1.82) is 0 Å². The molecule has 4 aromatic rings. The van der Waals surface area contributed by atoms with E-state index in [1.54, 1.807) is 18.2 Å². The number of aromatic nitrogens is 1. The molecule has 31 heavy (non-hydrogen) atoms. The van der Waals surface area contributed by atoms with Crippen LogP contribution < -0.4 is 0 Å². The van der Waals surface area contributed by atoms with E-state index in [1.807, 2.05) is 38.4 Å². The summed E-state index contributed by atoms with van der Waals surface area (Å²) in [4.78, 5) is 2.40. The van der Waals surface area contributed by atoms with Gasteiger partial charge in [-0.15, -0.1) is 0 Å². The summed E-state index contributed by atoms with van der Waals surface area (Å²) in [5.41, 5.74) is 4.85. The molecular weight excluding hydrogens is 451 g/mol. The lowest BCUT2D eigenvalue weighted by atomic mass is 10.1. The Morgan fingerprint density at radius 3 is 2.13 bits per heavy atom. The van der Waals surface area contributed by atoms with Crippen LogP contribution in [0.2, 0.25) is 10.0 Å². The highest BCUT2D eigenvalue weighted by Gasteiger charge is 2.16. The largest absolute Gasteiger partial charge is 0.309 e. The fourth-order valence-electron chi connectivity index (χ4n) is 3.71. The zero-order chi connectivity index (χ0) is 22.3. The van der Waals surface area contributed by atoms with E-state index in [-0.39, 0.29) is 4.90 Å². The van der Waals surface area contributed by atoms with Crippen molar-refractivity contribution in [3.8, 4) is 16.9 Å². The van der Waals surface area contributed by atoms with Crippen LogP contribution >= 0.6 is 23.2 Å². The third kappa shape index (κ3) is 4.51. The van der Waals surface area contributed by atoms with Crippen molar-refractivity contribution >= 4 is 43.9 Å². The summed E-state index contributed by atoms with van der Waals surface area (Å²) in [5.74, 6) is 0. The summed E-state index contributed by atoms with van der Waals surface area (Å²) in [6.07, 6.45) is 1.20. The van der Waals surface area contributed by atoms with Gasteiger partial charge in [0.05, 0.1) is 21.1 Å². The molecule has 0 aliphatic rings. The average molecular weight is 473 g/mol. The van der Waals surface area contributed by atoms with Gasteiger partial charge in [0, 0.05) is 28.9 Å². The summed E-state index contributed by atoms with van der Waals surface area (Å²) in [7, 11) is 0.810. The third-order valence-electron chi connectivity index (χ3n) is 5.11. The number of nitrogens with zero attached hydrogens (tertiary/aromatic N) is 2. The van der Waals surface area contributed by atoms with E-state index in [0.717, 1.165) is 34.4 Å². The van der Waals surface area contributed by atoms with Crippen LogP contribution in [0.25, 0.3) is 27.8 Å². The smallest absolute Gasteiger partial charge is 0.175 e. The molecule has 4 rings (SSSR count). The SMILES string of the molecule is CN(C)Cc1ccc(-n2c(-c3ccc(S(C)(=O)=O)cc3)cc3c(Cl)cc(Cl)cc32)cc1. The highest BCUT2D eigenvalue weighted by Crippen LogP contribution is 2.37. The highest BCUT2D eigenvalue weighted by atomic mass is 35.5. The zero-order valence-electron chi connectivity index (χ0n) is 17.4. The van der Waals surface area contributed by atoms with Gasteiger partial charge in [-0.2, -0.15) is 0 Å². The Kier molecular flexibility index (Phi) is 5.88. The van der Waals surface area contributed by atoms with Gasteiger partial charge in [0.25, 0.3) is 0 Å².